The van der Waals surface area contributed by atoms with Gasteiger partial charge in [0.2, 0.25) is 0 Å². The molecule has 1 unspecified atom stereocenters. The number of amides is 1. The SMILES string of the molecule is O=C(NCCSSCCNc1c(F)c(F)c(-c2c3nc(c(-c4cccc(O)c4)c4ccc([nH]4)c(-c4cccc(O)c4)c4nc(c(-c5cccc(O)c5)c5ccc2[nH]5)C=C4)C=C3)c(F)c1F)OCC1[C@H]2CCC#CCC[C@@H]12. The average Bonchev–Trinajstić information content (AvgIpc) is 4.13. The van der Waals surface area contributed by atoms with Gasteiger partial charge in [0.1, 0.15) is 22.9 Å². The first kappa shape index (κ1) is 50.1. The summed E-state index contributed by atoms with van der Waals surface area (Å²) in [6.45, 7) is 0.670. The Kier molecular flexibility index (Phi) is 14.3. The van der Waals surface area contributed by atoms with E-state index in [1.807, 2.05) is 18.2 Å². The van der Waals surface area contributed by atoms with Crippen LogP contribution in [-0.2, 0) is 4.74 Å². The first-order chi connectivity index (χ1) is 37.0. The molecule has 2 aliphatic heterocycles. The van der Waals surface area contributed by atoms with Gasteiger partial charge >= 0.3 is 6.09 Å². The number of fused-ring (bicyclic) bond motifs is 9. The summed E-state index contributed by atoms with van der Waals surface area (Å²) in [7, 11) is 2.76. The molecule has 1 saturated carbocycles. The van der Waals surface area contributed by atoms with Gasteiger partial charge in [-0.1, -0.05) is 58.0 Å². The highest BCUT2D eigenvalue weighted by Crippen LogP contribution is 2.52. The Balaban J connectivity index is 0.946. The number of alkyl carbamates (subject to hydrolysis) is 1. The Morgan fingerprint density at radius 3 is 1.45 bits per heavy atom. The number of hydrogen-bond acceptors (Lipinski definition) is 10. The summed E-state index contributed by atoms with van der Waals surface area (Å²) in [5.74, 6) is 2.04. The lowest BCUT2D eigenvalue weighted by Crippen LogP contribution is -2.27. The predicted molar refractivity (Wildman–Crippen MR) is 295 cm³/mol. The number of H-pyrrole nitrogens is 2. The molecule has 0 radical (unpaired) electrons. The highest BCUT2D eigenvalue weighted by molar-refractivity contribution is 8.76. The number of hydrogen-bond donors (Lipinski definition) is 7. The lowest BCUT2D eigenvalue weighted by atomic mass is 10.0. The molecule has 1 fully saturated rings. The molecule has 384 valence electrons. The number of anilines is 1. The third-order valence-corrected chi connectivity index (χ3v) is 16.4. The molecule has 4 aliphatic rings. The van der Waals surface area contributed by atoms with E-state index in [4.69, 9.17) is 14.7 Å². The monoisotopic (exact) mass is 1060 g/mol. The van der Waals surface area contributed by atoms with Crippen molar-refractivity contribution in [3.8, 4) is 73.6 Å². The van der Waals surface area contributed by atoms with Gasteiger partial charge in [0.15, 0.2) is 23.3 Å². The minimum absolute atomic E-state index is 0.0297. The van der Waals surface area contributed by atoms with Crippen LogP contribution in [0.15, 0.2) is 97.1 Å². The summed E-state index contributed by atoms with van der Waals surface area (Å²) >= 11 is 0. The molecule has 3 aromatic heterocycles. The minimum atomic E-state index is -1.66. The zero-order valence-electron chi connectivity index (χ0n) is 40.5. The van der Waals surface area contributed by atoms with Crippen LogP contribution in [0.1, 0.15) is 48.5 Å². The van der Waals surface area contributed by atoms with Crippen LogP contribution in [0, 0.1) is 52.9 Å². The number of phenols is 3. The molecule has 0 spiro atoms. The molecule has 5 heterocycles. The van der Waals surface area contributed by atoms with Crippen molar-refractivity contribution in [2.24, 2.45) is 17.8 Å². The maximum Gasteiger partial charge on any atom is 0.407 e. The summed E-state index contributed by atoms with van der Waals surface area (Å²) in [4.78, 5) is 29.1. The van der Waals surface area contributed by atoms with Gasteiger partial charge in [-0.15, -0.1) is 11.8 Å². The number of benzene rings is 4. The second-order valence-corrected chi connectivity index (χ2v) is 21.4. The molecule has 8 bridgehead atoms. The number of nitrogens with zero attached hydrogens (tertiary/aromatic N) is 2. The Morgan fingerprint density at radius 2 is 1.00 bits per heavy atom. The molecule has 1 amide bonds. The van der Waals surface area contributed by atoms with E-state index < -0.39 is 40.6 Å². The lowest BCUT2D eigenvalue weighted by Gasteiger charge is -2.14. The quantitative estimate of drug-likeness (QED) is 0.0183. The number of phenolic OH excluding ortho intramolecular Hbond substituents is 3. The zero-order chi connectivity index (χ0) is 52.5. The van der Waals surface area contributed by atoms with Gasteiger partial charge in [-0.05, 0) is 132 Å². The first-order valence-corrected chi connectivity index (χ1v) is 27.2. The van der Waals surface area contributed by atoms with Crippen molar-refractivity contribution in [1.82, 2.24) is 25.3 Å². The van der Waals surface area contributed by atoms with E-state index in [1.54, 1.807) is 66.7 Å². The van der Waals surface area contributed by atoms with Crippen molar-refractivity contribution >= 4 is 79.7 Å². The van der Waals surface area contributed by atoms with E-state index in [-0.39, 0.29) is 46.3 Å². The largest absolute Gasteiger partial charge is 0.508 e. The van der Waals surface area contributed by atoms with Gasteiger partial charge < -0.3 is 40.7 Å². The van der Waals surface area contributed by atoms with Crippen LogP contribution in [0.2, 0.25) is 0 Å². The fourth-order valence-electron chi connectivity index (χ4n) is 10.4. The number of aromatic amines is 2. The van der Waals surface area contributed by atoms with E-state index in [9.17, 15) is 20.1 Å². The number of rotatable bonds is 14. The molecule has 3 atom stereocenters. The first-order valence-electron chi connectivity index (χ1n) is 24.8. The van der Waals surface area contributed by atoms with Gasteiger partial charge in [-0.3, -0.25) is 0 Å². The predicted octanol–water partition coefficient (Wildman–Crippen LogP) is 14.0. The van der Waals surface area contributed by atoms with Crippen LogP contribution in [0.4, 0.5) is 28.0 Å². The molecule has 0 saturated heterocycles. The normalized spacial score (nSPS) is 16.3. The lowest BCUT2D eigenvalue weighted by molar-refractivity contribution is 0.138. The van der Waals surface area contributed by atoms with Crippen molar-refractivity contribution in [3.05, 3.63) is 143 Å². The Labute approximate surface area is 442 Å². The van der Waals surface area contributed by atoms with Gasteiger partial charge in [0.05, 0.1) is 34.9 Å². The van der Waals surface area contributed by atoms with Gasteiger partial charge in [0, 0.05) is 81.8 Å². The van der Waals surface area contributed by atoms with Gasteiger partial charge in [-0.25, -0.2) is 32.3 Å². The molecule has 7 aromatic rings. The Morgan fingerprint density at radius 1 is 0.579 bits per heavy atom. The summed E-state index contributed by atoms with van der Waals surface area (Å²) in [5, 5.41) is 37.4. The van der Waals surface area contributed by atoms with Crippen LogP contribution >= 0.6 is 21.6 Å². The summed E-state index contributed by atoms with van der Waals surface area (Å²) in [6, 6.07) is 26.5. The minimum Gasteiger partial charge on any atom is -0.508 e. The van der Waals surface area contributed by atoms with E-state index >= 15 is 17.6 Å². The van der Waals surface area contributed by atoms with Crippen molar-refractivity contribution in [2.75, 3.05) is 36.5 Å². The number of aromatic hydroxyl groups is 3. The number of carbonyl (C=O) groups excluding carboxylic acids is 1. The summed E-state index contributed by atoms with van der Waals surface area (Å²) in [6.07, 6.45) is 10.1. The van der Waals surface area contributed by atoms with E-state index in [2.05, 4.69) is 32.4 Å². The summed E-state index contributed by atoms with van der Waals surface area (Å²) < 4.78 is 72.2. The number of nitrogens with one attached hydrogen (secondary N) is 4. The van der Waals surface area contributed by atoms with Crippen LogP contribution < -0.4 is 10.6 Å². The van der Waals surface area contributed by atoms with E-state index in [1.165, 1.54) is 58.0 Å². The highest BCUT2D eigenvalue weighted by atomic mass is 33.1. The standard InChI is InChI=1S/C59H48F4N6O5S2/c60-54-53(55(61)57(63)58(56(54)62)64-24-26-75-76-27-25-65-59(73)74-31-40-38-14-3-1-2-4-15-39(38)40)52-47-22-20-45(68-47)50(33-9-6-12-36(71)29-33)43-18-16-41(66-43)49(32-8-5-11-35(70)28-32)42-17-19-44(67-42)51(46-21-23-48(52)69-46)34-10-7-13-37(72)30-34/h5-13,16-23,28-30,38-40,64,66,69-72H,3-4,14-15,24-27,31H2,(H,65,73)/t38-,39+,40?. The van der Waals surface area contributed by atoms with Gasteiger partial charge in [-0.2, -0.15) is 0 Å². The molecule has 4 aromatic carbocycles. The van der Waals surface area contributed by atoms with Crippen LogP contribution in [0.3, 0.4) is 0 Å². The summed E-state index contributed by atoms with van der Waals surface area (Å²) in [5.41, 5.74) is 3.62. The number of carbonyl (C=O) groups is 1. The Bertz CT molecular complexity index is 3660. The fourth-order valence-corrected chi connectivity index (χ4v) is 12.2. The molecule has 76 heavy (non-hydrogen) atoms. The second-order valence-electron chi connectivity index (χ2n) is 18.7. The van der Waals surface area contributed by atoms with Crippen molar-refractivity contribution in [1.29, 1.82) is 0 Å². The molecule has 2 aliphatic carbocycles. The molecule has 11 rings (SSSR count). The zero-order valence-corrected chi connectivity index (χ0v) is 42.2. The van der Waals surface area contributed by atoms with E-state index in [0.29, 0.717) is 104 Å². The van der Waals surface area contributed by atoms with Crippen molar-refractivity contribution in [2.45, 2.75) is 25.7 Å². The molecular formula is C59H48F4N6O5S2. The maximum absolute atomic E-state index is 16.9. The van der Waals surface area contributed by atoms with Crippen LogP contribution in [0.5, 0.6) is 17.2 Å². The molecule has 17 heteroatoms. The van der Waals surface area contributed by atoms with Crippen LogP contribution in [0.25, 0.3) is 90.9 Å². The Hall–Kier alpha value is -8.07. The number of aromatic nitrogens is 4. The third kappa shape index (κ3) is 10.2. The topological polar surface area (TPSA) is 168 Å². The van der Waals surface area contributed by atoms with Gasteiger partial charge in [0.25, 0.3) is 0 Å². The average molecular weight is 1060 g/mol. The number of ether oxygens (including phenoxy) is 1. The third-order valence-electron chi connectivity index (χ3n) is 13.9. The maximum atomic E-state index is 16.9. The highest BCUT2D eigenvalue weighted by Gasteiger charge is 2.49. The van der Waals surface area contributed by atoms with Crippen molar-refractivity contribution in [3.63, 3.8) is 0 Å². The molecule has 7 N–H and O–H groups in total. The number of halogens is 4. The van der Waals surface area contributed by atoms with E-state index in [0.717, 1.165) is 25.7 Å². The van der Waals surface area contributed by atoms with Crippen LogP contribution in [-0.4, -0.2) is 72.6 Å². The smallest absolute Gasteiger partial charge is 0.407 e. The van der Waals surface area contributed by atoms with Crippen molar-refractivity contribution < 1.29 is 42.4 Å². The fraction of sp³-hybridized carbons (Fsp3) is 0.203. The second kappa shape index (κ2) is 21.6. The molecule has 11 nitrogen and oxygen atoms in total. The molecular weight excluding hydrogens is 1010 g/mol.